The van der Waals surface area contributed by atoms with Gasteiger partial charge < -0.3 is 15.5 Å². The van der Waals surface area contributed by atoms with Crippen LogP contribution in [0.1, 0.15) is 25.3 Å². The van der Waals surface area contributed by atoms with Gasteiger partial charge in [-0.25, -0.2) is 0 Å². The Morgan fingerprint density at radius 2 is 2.05 bits per heavy atom. The van der Waals surface area contributed by atoms with Crippen molar-refractivity contribution in [3.05, 3.63) is 35.9 Å². The van der Waals surface area contributed by atoms with E-state index in [0.29, 0.717) is 26.1 Å². The Bertz CT molecular complexity index is 452. The van der Waals surface area contributed by atoms with E-state index < -0.39 is 12.2 Å². The minimum atomic E-state index is -0.823. The molecule has 0 saturated carbocycles. The first-order valence-corrected chi connectivity index (χ1v) is 7.52. The van der Waals surface area contributed by atoms with Gasteiger partial charge >= 0.3 is 0 Å². The monoisotopic (exact) mass is 292 g/mol. The molecule has 0 radical (unpaired) electrons. The van der Waals surface area contributed by atoms with Gasteiger partial charge in [0.05, 0.1) is 18.2 Å². The molecule has 2 rings (SSSR count). The van der Waals surface area contributed by atoms with Crippen LogP contribution in [0.2, 0.25) is 0 Å². The van der Waals surface area contributed by atoms with E-state index in [2.05, 4.69) is 5.32 Å². The number of nitrogens with one attached hydrogen (secondary N) is 1. The summed E-state index contributed by atoms with van der Waals surface area (Å²) < 4.78 is 0. The van der Waals surface area contributed by atoms with E-state index in [1.165, 1.54) is 0 Å². The van der Waals surface area contributed by atoms with E-state index in [1.54, 1.807) is 0 Å². The highest BCUT2D eigenvalue weighted by molar-refractivity contribution is 5.75. The van der Waals surface area contributed by atoms with E-state index >= 15 is 0 Å². The van der Waals surface area contributed by atoms with Gasteiger partial charge in [-0.05, 0) is 12.0 Å². The van der Waals surface area contributed by atoms with E-state index in [9.17, 15) is 15.0 Å². The third-order valence-corrected chi connectivity index (χ3v) is 3.89. The predicted octanol–water partition coefficient (Wildman–Crippen LogP) is 0.509. The van der Waals surface area contributed by atoms with Gasteiger partial charge in [-0.3, -0.25) is 9.69 Å². The number of nitrogens with zero attached hydrogens (tertiary/aromatic N) is 1. The zero-order chi connectivity index (χ0) is 15.2. The normalized spacial score (nSPS) is 26.0. The molecule has 3 atom stereocenters. The zero-order valence-corrected chi connectivity index (χ0v) is 12.4. The number of carbonyl (C=O) groups excluding carboxylic acids is 1. The molecule has 1 amide bonds. The molecule has 3 N–H and O–H groups in total. The van der Waals surface area contributed by atoms with Gasteiger partial charge in [-0.1, -0.05) is 37.3 Å². The number of hydrogen-bond donors (Lipinski definition) is 3. The number of carbonyl (C=O) groups is 1. The molecule has 1 aliphatic rings. The Kier molecular flexibility index (Phi) is 5.73. The highest BCUT2D eigenvalue weighted by Crippen LogP contribution is 2.21. The fraction of sp³-hybridized carbons (Fsp3) is 0.562. The summed E-state index contributed by atoms with van der Waals surface area (Å²) in [5, 5.41) is 22.8. The van der Waals surface area contributed by atoms with Crippen molar-refractivity contribution in [1.29, 1.82) is 0 Å². The van der Waals surface area contributed by atoms with Crippen LogP contribution < -0.4 is 5.32 Å². The van der Waals surface area contributed by atoms with Gasteiger partial charge in [0, 0.05) is 26.1 Å². The summed E-state index contributed by atoms with van der Waals surface area (Å²) in [6.07, 6.45) is -0.295. The Balaban J connectivity index is 1.96. The van der Waals surface area contributed by atoms with Gasteiger partial charge in [0.15, 0.2) is 0 Å². The molecule has 3 unspecified atom stereocenters. The third-order valence-electron chi connectivity index (χ3n) is 3.89. The summed E-state index contributed by atoms with van der Waals surface area (Å²) in [6, 6.07) is 9.68. The number of rotatable bonds is 6. The highest BCUT2D eigenvalue weighted by Gasteiger charge is 2.39. The number of hydrogen-bond acceptors (Lipinski definition) is 4. The average molecular weight is 292 g/mol. The minimum absolute atomic E-state index is 0.00856. The molecule has 1 saturated heterocycles. The average Bonchev–Trinajstić information content (AvgIpc) is 2.73. The van der Waals surface area contributed by atoms with Crippen LogP contribution in [0.4, 0.5) is 0 Å². The zero-order valence-electron chi connectivity index (χ0n) is 12.4. The third kappa shape index (κ3) is 4.27. The standard InChI is InChI=1S/C16H24N2O3/c1-2-6-15(20)17-9-13-16(21)14(19)11-18(13)10-12-7-4-3-5-8-12/h3-5,7-8,13-14,16,19,21H,2,6,9-11H2,1H3,(H,17,20). The number of aliphatic hydroxyl groups excluding tert-OH is 2. The van der Waals surface area contributed by atoms with Crippen molar-refractivity contribution >= 4 is 5.91 Å². The Morgan fingerprint density at radius 1 is 1.33 bits per heavy atom. The number of aliphatic hydroxyl groups is 2. The molecule has 1 aromatic rings. The smallest absolute Gasteiger partial charge is 0.220 e. The quantitative estimate of drug-likeness (QED) is 0.714. The molecule has 1 aromatic carbocycles. The maximum absolute atomic E-state index is 11.6. The fourth-order valence-electron chi connectivity index (χ4n) is 2.74. The van der Waals surface area contributed by atoms with Crippen molar-refractivity contribution in [3.63, 3.8) is 0 Å². The Labute approximate surface area is 125 Å². The van der Waals surface area contributed by atoms with E-state index in [-0.39, 0.29) is 11.9 Å². The Morgan fingerprint density at radius 3 is 2.71 bits per heavy atom. The van der Waals surface area contributed by atoms with E-state index in [0.717, 1.165) is 12.0 Å². The second-order valence-electron chi connectivity index (χ2n) is 5.59. The lowest BCUT2D eigenvalue weighted by Gasteiger charge is -2.26. The van der Waals surface area contributed by atoms with Crippen LogP contribution in [0.15, 0.2) is 30.3 Å². The van der Waals surface area contributed by atoms with Crippen LogP contribution >= 0.6 is 0 Å². The van der Waals surface area contributed by atoms with Crippen molar-refractivity contribution in [3.8, 4) is 0 Å². The molecule has 5 nitrogen and oxygen atoms in total. The first-order valence-electron chi connectivity index (χ1n) is 7.52. The highest BCUT2D eigenvalue weighted by atomic mass is 16.3. The summed E-state index contributed by atoms with van der Waals surface area (Å²) in [4.78, 5) is 13.6. The lowest BCUT2D eigenvalue weighted by atomic mass is 10.1. The first kappa shape index (κ1) is 15.9. The number of β-amino-alcohol motifs (C(OH)–C–C–N with tert-alkyl or cyclic N) is 1. The minimum Gasteiger partial charge on any atom is -0.389 e. The fourth-order valence-corrected chi connectivity index (χ4v) is 2.74. The molecule has 1 heterocycles. The van der Waals surface area contributed by atoms with Crippen molar-refractivity contribution in [1.82, 2.24) is 10.2 Å². The molecule has 116 valence electrons. The summed E-state index contributed by atoms with van der Waals surface area (Å²) in [5.41, 5.74) is 1.13. The van der Waals surface area contributed by atoms with Crippen LogP contribution in [0.25, 0.3) is 0 Å². The second kappa shape index (κ2) is 7.54. The van der Waals surface area contributed by atoms with E-state index in [1.807, 2.05) is 42.2 Å². The first-order chi connectivity index (χ1) is 10.1. The molecular formula is C16H24N2O3. The van der Waals surface area contributed by atoms with Crippen LogP contribution in [-0.2, 0) is 11.3 Å². The lowest BCUT2D eigenvalue weighted by Crippen LogP contribution is -2.45. The Hall–Kier alpha value is -1.43. The van der Waals surface area contributed by atoms with Crippen molar-refractivity contribution in [2.75, 3.05) is 13.1 Å². The molecule has 1 aliphatic heterocycles. The summed E-state index contributed by atoms with van der Waals surface area (Å²) in [5.74, 6) is -0.00856. The topological polar surface area (TPSA) is 72.8 Å². The van der Waals surface area contributed by atoms with Crippen LogP contribution in [0.5, 0.6) is 0 Å². The van der Waals surface area contributed by atoms with E-state index in [4.69, 9.17) is 0 Å². The van der Waals surface area contributed by atoms with Gasteiger partial charge in [0.25, 0.3) is 0 Å². The molecular weight excluding hydrogens is 268 g/mol. The summed E-state index contributed by atoms with van der Waals surface area (Å²) in [6.45, 7) is 3.40. The summed E-state index contributed by atoms with van der Waals surface area (Å²) in [7, 11) is 0. The van der Waals surface area contributed by atoms with Crippen LogP contribution in [0.3, 0.4) is 0 Å². The number of likely N-dealkylation sites (tertiary alicyclic amines) is 1. The molecule has 0 spiro atoms. The van der Waals surface area contributed by atoms with Gasteiger partial charge in [-0.2, -0.15) is 0 Å². The number of amides is 1. The largest absolute Gasteiger partial charge is 0.389 e. The van der Waals surface area contributed by atoms with Gasteiger partial charge in [-0.15, -0.1) is 0 Å². The maximum atomic E-state index is 11.6. The SMILES string of the molecule is CCCC(=O)NCC1C(O)C(O)CN1Cc1ccccc1. The molecule has 1 fully saturated rings. The maximum Gasteiger partial charge on any atom is 0.220 e. The molecule has 0 bridgehead atoms. The van der Waals surface area contributed by atoms with Crippen LogP contribution in [-0.4, -0.2) is 52.4 Å². The van der Waals surface area contributed by atoms with Crippen molar-refractivity contribution < 1.29 is 15.0 Å². The molecule has 5 heteroatoms. The molecule has 0 aromatic heterocycles. The lowest BCUT2D eigenvalue weighted by molar-refractivity contribution is -0.121. The number of benzene rings is 1. The summed E-state index contributed by atoms with van der Waals surface area (Å²) >= 11 is 0. The predicted molar refractivity (Wildman–Crippen MR) is 80.6 cm³/mol. The van der Waals surface area contributed by atoms with Gasteiger partial charge in [0.1, 0.15) is 0 Å². The van der Waals surface area contributed by atoms with Gasteiger partial charge in [0.2, 0.25) is 5.91 Å². The van der Waals surface area contributed by atoms with Crippen molar-refractivity contribution in [2.24, 2.45) is 0 Å². The molecule has 21 heavy (non-hydrogen) atoms. The second-order valence-corrected chi connectivity index (χ2v) is 5.59. The molecule has 0 aliphatic carbocycles. The van der Waals surface area contributed by atoms with Crippen molar-refractivity contribution in [2.45, 2.75) is 44.6 Å². The van der Waals surface area contributed by atoms with Crippen LogP contribution in [0, 0.1) is 0 Å².